The summed E-state index contributed by atoms with van der Waals surface area (Å²) in [5.41, 5.74) is 0.346. The Labute approximate surface area is 139 Å². The largest absolute Gasteiger partial charge is 0.497 e. The van der Waals surface area contributed by atoms with Crippen LogP contribution in [0.4, 0.5) is 8.78 Å². The Hall–Kier alpha value is -2.02. The molecular formula is C17H20F2N2O3. The van der Waals surface area contributed by atoms with Crippen molar-refractivity contribution in [2.45, 2.75) is 25.2 Å². The highest BCUT2D eigenvalue weighted by Gasteiger charge is 2.38. The fourth-order valence-corrected chi connectivity index (χ4v) is 2.38. The average molecular weight is 338 g/mol. The van der Waals surface area contributed by atoms with E-state index in [-0.39, 0.29) is 12.5 Å². The van der Waals surface area contributed by atoms with Crippen LogP contribution >= 0.6 is 0 Å². The predicted octanol–water partition coefficient (Wildman–Crippen LogP) is 3.56. The van der Waals surface area contributed by atoms with E-state index in [1.807, 2.05) is 0 Å². The van der Waals surface area contributed by atoms with E-state index >= 15 is 0 Å². The van der Waals surface area contributed by atoms with E-state index in [1.165, 1.54) is 14.2 Å². The van der Waals surface area contributed by atoms with Crippen molar-refractivity contribution in [2.75, 3.05) is 27.4 Å². The van der Waals surface area contributed by atoms with E-state index in [0.717, 1.165) is 12.8 Å². The van der Waals surface area contributed by atoms with Crippen molar-refractivity contribution in [2.24, 2.45) is 5.92 Å². The molecule has 24 heavy (non-hydrogen) atoms. The van der Waals surface area contributed by atoms with Crippen LogP contribution in [-0.2, 0) is 10.7 Å². The van der Waals surface area contributed by atoms with Gasteiger partial charge in [-0.2, -0.15) is 8.78 Å². The normalized spacial score (nSPS) is 14.8. The molecule has 0 atom stereocenters. The van der Waals surface area contributed by atoms with Gasteiger partial charge in [0.15, 0.2) is 5.69 Å². The van der Waals surface area contributed by atoms with E-state index < -0.39 is 18.0 Å². The van der Waals surface area contributed by atoms with Crippen molar-refractivity contribution in [3.05, 3.63) is 23.9 Å². The Bertz CT molecular complexity index is 720. The van der Waals surface area contributed by atoms with Crippen LogP contribution in [0, 0.1) is 5.92 Å². The summed E-state index contributed by atoms with van der Waals surface area (Å²) in [6.45, 7) is 0.533. The fourth-order valence-electron chi connectivity index (χ4n) is 2.38. The lowest BCUT2D eigenvalue weighted by molar-refractivity contribution is -0.0449. The molecular weight excluding hydrogens is 318 g/mol. The first-order chi connectivity index (χ1) is 11.5. The Morgan fingerprint density at radius 2 is 1.92 bits per heavy atom. The van der Waals surface area contributed by atoms with Gasteiger partial charge >= 0.3 is 0 Å². The molecule has 0 aliphatic heterocycles. The molecule has 0 amide bonds. The second-order valence-corrected chi connectivity index (χ2v) is 5.91. The van der Waals surface area contributed by atoms with E-state index in [0.29, 0.717) is 29.3 Å². The van der Waals surface area contributed by atoms with Gasteiger partial charge in [-0.25, -0.2) is 9.97 Å². The molecule has 130 valence electrons. The van der Waals surface area contributed by atoms with Crippen molar-refractivity contribution >= 4 is 11.0 Å². The van der Waals surface area contributed by atoms with E-state index in [2.05, 4.69) is 9.97 Å². The third-order valence-electron chi connectivity index (χ3n) is 3.99. The number of hydrogen-bond donors (Lipinski definition) is 0. The summed E-state index contributed by atoms with van der Waals surface area (Å²) in [6.07, 6.45) is 1.81. The van der Waals surface area contributed by atoms with Gasteiger partial charge in [0.25, 0.3) is 5.92 Å². The van der Waals surface area contributed by atoms with Crippen molar-refractivity contribution in [3.63, 3.8) is 0 Å². The SMILES string of the molecule is COc1ccc2nc(C(F)(F)CCOCC3CC3)c(OC)nc2c1. The Kier molecular flexibility index (Phi) is 4.80. The quantitative estimate of drug-likeness (QED) is 0.689. The number of ether oxygens (including phenoxy) is 3. The van der Waals surface area contributed by atoms with Crippen LogP contribution in [0.15, 0.2) is 18.2 Å². The van der Waals surface area contributed by atoms with Crippen LogP contribution in [0.1, 0.15) is 25.0 Å². The Balaban J connectivity index is 1.82. The lowest BCUT2D eigenvalue weighted by Gasteiger charge is -2.18. The Morgan fingerprint density at radius 1 is 1.12 bits per heavy atom. The topological polar surface area (TPSA) is 53.5 Å². The van der Waals surface area contributed by atoms with Gasteiger partial charge < -0.3 is 14.2 Å². The molecule has 0 radical (unpaired) electrons. The minimum atomic E-state index is -3.17. The molecule has 1 aliphatic rings. The number of alkyl halides is 2. The van der Waals surface area contributed by atoms with Crippen LogP contribution in [0.5, 0.6) is 11.6 Å². The predicted molar refractivity (Wildman–Crippen MR) is 84.7 cm³/mol. The van der Waals surface area contributed by atoms with Gasteiger partial charge in [-0.05, 0) is 30.9 Å². The Morgan fingerprint density at radius 3 is 2.58 bits per heavy atom. The summed E-state index contributed by atoms with van der Waals surface area (Å²) in [7, 11) is 2.83. The summed E-state index contributed by atoms with van der Waals surface area (Å²) in [6, 6.07) is 4.89. The molecule has 7 heteroatoms. The highest BCUT2D eigenvalue weighted by Crippen LogP contribution is 2.37. The first-order valence-corrected chi connectivity index (χ1v) is 7.89. The monoisotopic (exact) mass is 338 g/mol. The molecule has 2 aromatic rings. The van der Waals surface area contributed by atoms with Crippen molar-refractivity contribution in [1.29, 1.82) is 0 Å². The standard InChI is InChI=1S/C17H20F2N2O3/c1-22-12-5-6-13-14(9-12)21-16(23-2)15(20-13)17(18,19)7-8-24-10-11-3-4-11/h5-6,9,11H,3-4,7-8,10H2,1-2H3. The molecule has 1 fully saturated rings. The van der Waals surface area contributed by atoms with Gasteiger partial charge in [0.05, 0.1) is 31.9 Å². The lowest BCUT2D eigenvalue weighted by Crippen LogP contribution is -2.20. The first kappa shape index (κ1) is 16.8. The number of nitrogens with zero attached hydrogens (tertiary/aromatic N) is 2. The molecule has 0 unspecified atom stereocenters. The molecule has 3 rings (SSSR count). The number of hydrogen-bond acceptors (Lipinski definition) is 5. The average Bonchev–Trinajstić information content (AvgIpc) is 3.41. The molecule has 1 saturated carbocycles. The van der Waals surface area contributed by atoms with Gasteiger partial charge in [0, 0.05) is 19.1 Å². The number of rotatable bonds is 8. The highest BCUT2D eigenvalue weighted by molar-refractivity contribution is 5.76. The molecule has 0 saturated heterocycles. The molecule has 1 aliphatic carbocycles. The van der Waals surface area contributed by atoms with Gasteiger partial charge in [0.1, 0.15) is 5.75 Å². The number of halogens is 2. The number of aromatic nitrogens is 2. The minimum absolute atomic E-state index is 0.0189. The molecule has 5 nitrogen and oxygen atoms in total. The van der Waals surface area contributed by atoms with E-state index in [4.69, 9.17) is 14.2 Å². The van der Waals surface area contributed by atoms with Crippen molar-refractivity contribution in [1.82, 2.24) is 9.97 Å². The molecule has 0 bridgehead atoms. The summed E-state index contributed by atoms with van der Waals surface area (Å²) in [5.74, 6) is -2.23. The first-order valence-electron chi connectivity index (χ1n) is 7.89. The number of fused-ring (bicyclic) bond motifs is 1. The fraction of sp³-hybridized carbons (Fsp3) is 0.529. The van der Waals surface area contributed by atoms with Crippen LogP contribution in [0.3, 0.4) is 0 Å². The van der Waals surface area contributed by atoms with Crippen molar-refractivity contribution < 1.29 is 23.0 Å². The second kappa shape index (κ2) is 6.84. The maximum atomic E-state index is 14.5. The molecule has 0 spiro atoms. The van der Waals surface area contributed by atoms with Crippen LogP contribution in [0.2, 0.25) is 0 Å². The smallest absolute Gasteiger partial charge is 0.297 e. The summed E-state index contributed by atoms with van der Waals surface area (Å²) in [5, 5.41) is 0. The molecule has 0 N–H and O–H groups in total. The second-order valence-electron chi connectivity index (χ2n) is 5.91. The van der Waals surface area contributed by atoms with Gasteiger partial charge in [-0.15, -0.1) is 0 Å². The van der Waals surface area contributed by atoms with E-state index in [1.54, 1.807) is 18.2 Å². The molecule has 1 aromatic carbocycles. The summed E-state index contributed by atoms with van der Waals surface area (Å²) in [4.78, 5) is 8.22. The van der Waals surface area contributed by atoms with Gasteiger partial charge in [-0.3, -0.25) is 0 Å². The van der Waals surface area contributed by atoms with Crippen molar-refractivity contribution in [3.8, 4) is 11.6 Å². The molecule has 1 aromatic heterocycles. The third kappa shape index (κ3) is 3.72. The highest BCUT2D eigenvalue weighted by atomic mass is 19.3. The summed E-state index contributed by atoms with van der Waals surface area (Å²) >= 11 is 0. The minimum Gasteiger partial charge on any atom is -0.497 e. The van der Waals surface area contributed by atoms with Gasteiger partial charge in [-0.1, -0.05) is 0 Å². The summed E-state index contributed by atoms with van der Waals surface area (Å²) < 4.78 is 44.5. The maximum Gasteiger partial charge on any atom is 0.297 e. The zero-order valence-electron chi connectivity index (χ0n) is 13.7. The van der Waals surface area contributed by atoms with E-state index in [9.17, 15) is 8.78 Å². The van der Waals surface area contributed by atoms with Crippen LogP contribution in [-0.4, -0.2) is 37.4 Å². The third-order valence-corrected chi connectivity index (χ3v) is 3.99. The zero-order chi connectivity index (χ0) is 17.2. The number of methoxy groups -OCH3 is 2. The zero-order valence-corrected chi connectivity index (χ0v) is 13.7. The lowest BCUT2D eigenvalue weighted by atomic mass is 10.1. The van der Waals surface area contributed by atoms with Gasteiger partial charge in [0.2, 0.25) is 5.88 Å². The van der Waals surface area contributed by atoms with Crippen LogP contribution in [0.25, 0.3) is 11.0 Å². The number of benzene rings is 1. The molecule has 1 heterocycles. The van der Waals surface area contributed by atoms with Crippen LogP contribution < -0.4 is 9.47 Å². The maximum absolute atomic E-state index is 14.5.